The summed E-state index contributed by atoms with van der Waals surface area (Å²) < 4.78 is 20.6. The molecule has 6 heteroatoms. The first-order valence-electron chi connectivity index (χ1n) is 9.75. The predicted octanol–water partition coefficient (Wildman–Crippen LogP) is 4.59. The maximum absolute atomic E-state index is 13.2. The summed E-state index contributed by atoms with van der Waals surface area (Å²) in [5, 5.41) is 9.59. The van der Waals surface area contributed by atoms with Gasteiger partial charge in [-0.15, -0.1) is 0 Å². The van der Waals surface area contributed by atoms with Crippen molar-refractivity contribution in [1.29, 1.82) is 0 Å². The van der Waals surface area contributed by atoms with E-state index >= 15 is 0 Å². The Hall–Kier alpha value is -3.67. The fourth-order valence-electron chi connectivity index (χ4n) is 3.48. The van der Waals surface area contributed by atoms with Gasteiger partial charge in [0, 0.05) is 0 Å². The number of carbonyl (C=O) groups excluding carboxylic acids is 1. The second-order valence-electron chi connectivity index (χ2n) is 7.05. The highest BCUT2D eigenvalue weighted by Gasteiger charge is 2.19. The van der Waals surface area contributed by atoms with E-state index in [-0.39, 0.29) is 11.7 Å². The van der Waals surface area contributed by atoms with Gasteiger partial charge >= 0.3 is 0 Å². The number of benzene rings is 3. The van der Waals surface area contributed by atoms with Crippen molar-refractivity contribution in [3.63, 3.8) is 0 Å². The molecule has 1 heterocycles. The molecule has 0 aliphatic carbocycles. The molecule has 4 rings (SSSR count). The van der Waals surface area contributed by atoms with Gasteiger partial charge in [-0.2, -0.15) is 5.10 Å². The molecule has 0 spiro atoms. The second kappa shape index (κ2) is 8.37. The minimum Gasteiger partial charge on any atom is -0.492 e. The molecule has 3 aromatic carbocycles. The Morgan fingerprint density at radius 1 is 1.03 bits per heavy atom. The van der Waals surface area contributed by atoms with Gasteiger partial charge in [-0.05, 0) is 61.0 Å². The number of aryl methyl sites for hydroxylation is 1. The topological polar surface area (TPSA) is 56.2 Å². The molecule has 0 aliphatic rings. The zero-order valence-corrected chi connectivity index (χ0v) is 16.9. The van der Waals surface area contributed by atoms with Crippen molar-refractivity contribution in [2.75, 3.05) is 13.2 Å². The van der Waals surface area contributed by atoms with Gasteiger partial charge in [-0.1, -0.05) is 30.3 Å². The molecule has 152 valence electrons. The van der Waals surface area contributed by atoms with E-state index in [0.29, 0.717) is 35.8 Å². The largest absolute Gasteiger partial charge is 0.492 e. The third kappa shape index (κ3) is 4.03. The number of hydrogen-bond acceptors (Lipinski definition) is 3. The van der Waals surface area contributed by atoms with E-state index < -0.39 is 0 Å². The second-order valence-corrected chi connectivity index (χ2v) is 7.05. The molecule has 30 heavy (non-hydrogen) atoms. The highest BCUT2D eigenvalue weighted by atomic mass is 19.1. The highest BCUT2D eigenvalue weighted by Crippen LogP contribution is 2.21. The van der Waals surface area contributed by atoms with E-state index in [1.54, 1.807) is 23.7 Å². The predicted molar refractivity (Wildman–Crippen MR) is 115 cm³/mol. The summed E-state index contributed by atoms with van der Waals surface area (Å²) in [6.07, 6.45) is 0. The standard InChI is InChI=1S/C24H22FN3O2/c1-16-23(17(2)28(27-16)21-10-8-20(25)9-11-21)24(29)26-13-14-30-22-12-7-18-5-3-4-6-19(18)15-22/h3-12,15H,13-14H2,1-2H3,(H,26,29). The Bertz CT molecular complexity index is 1200. The molecule has 0 bridgehead atoms. The zero-order valence-electron chi connectivity index (χ0n) is 16.9. The first-order valence-corrected chi connectivity index (χ1v) is 9.75. The van der Waals surface area contributed by atoms with E-state index in [1.165, 1.54) is 12.1 Å². The fourth-order valence-corrected chi connectivity index (χ4v) is 3.48. The van der Waals surface area contributed by atoms with Crippen LogP contribution in [0, 0.1) is 19.7 Å². The van der Waals surface area contributed by atoms with Crippen LogP contribution in [0.1, 0.15) is 21.7 Å². The van der Waals surface area contributed by atoms with E-state index in [4.69, 9.17) is 4.74 Å². The van der Waals surface area contributed by atoms with Gasteiger partial charge in [0.2, 0.25) is 0 Å². The van der Waals surface area contributed by atoms with Gasteiger partial charge in [-0.25, -0.2) is 9.07 Å². The molecule has 1 N–H and O–H groups in total. The Morgan fingerprint density at radius 3 is 2.53 bits per heavy atom. The minimum atomic E-state index is -0.315. The molecular formula is C24H22FN3O2. The summed E-state index contributed by atoms with van der Waals surface area (Å²) in [7, 11) is 0. The van der Waals surface area contributed by atoms with Gasteiger partial charge < -0.3 is 10.1 Å². The molecular weight excluding hydrogens is 381 g/mol. The van der Waals surface area contributed by atoms with Crippen LogP contribution in [0.5, 0.6) is 5.75 Å². The first kappa shape index (κ1) is 19.6. The van der Waals surface area contributed by atoms with Crippen LogP contribution in [-0.4, -0.2) is 28.8 Å². The quantitative estimate of drug-likeness (QED) is 0.479. The third-order valence-corrected chi connectivity index (χ3v) is 4.97. The third-order valence-electron chi connectivity index (χ3n) is 4.97. The number of aromatic nitrogens is 2. The van der Waals surface area contributed by atoms with Crippen LogP contribution < -0.4 is 10.1 Å². The average Bonchev–Trinajstić information content (AvgIpc) is 3.05. The van der Waals surface area contributed by atoms with Crippen LogP contribution in [0.3, 0.4) is 0 Å². The molecule has 0 radical (unpaired) electrons. The number of ether oxygens (including phenoxy) is 1. The van der Waals surface area contributed by atoms with Gasteiger partial charge in [-0.3, -0.25) is 4.79 Å². The number of nitrogens with zero attached hydrogens (tertiary/aromatic N) is 2. The van der Waals surface area contributed by atoms with Crippen molar-refractivity contribution in [1.82, 2.24) is 15.1 Å². The van der Waals surface area contributed by atoms with Crippen LogP contribution in [0.25, 0.3) is 16.5 Å². The number of halogens is 1. The van der Waals surface area contributed by atoms with Crippen LogP contribution in [0.2, 0.25) is 0 Å². The van der Waals surface area contributed by atoms with Gasteiger partial charge in [0.1, 0.15) is 18.2 Å². The van der Waals surface area contributed by atoms with Crippen LogP contribution >= 0.6 is 0 Å². The molecule has 0 aliphatic heterocycles. The number of nitrogens with one attached hydrogen (secondary N) is 1. The van der Waals surface area contributed by atoms with Crippen molar-refractivity contribution in [2.45, 2.75) is 13.8 Å². The molecule has 0 atom stereocenters. The summed E-state index contributed by atoms with van der Waals surface area (Å²) in [5.74, 6) is 0.240. The minimum absolute atomic E-state index is 0.208. The molecule has 0 unspecified atom stereocenters. The monoisotopic (exact) mass is 403 g/mol. The first-order chi connectivity index (χ1) is 14.5. The lowest BCUT2D eigenvalue weighted by molar-refractivity contribution is 0.0945. The van der Waals surface area contributed by atoms with E-state index in [9.17, 15) is 9.18 Å². The van der Waals surface area contributed by atoms with Crippen LogP contribution in [-0.2, 0) is 0 Å². The molecule has 5 nitrogen and oxygen atoms in total. The number of fused-ring (bicyclic) bond motifs is 1. The van der Waals surface area contributed by atoms with E-state index in [1.807, 2.05) is 43.3 Å². The van der Waals surface area contributed by atoms with Crippen molar-refractivity contribution in [3.8, 4) is 11.4 Å². The molecule has 0 saturated carbocycles. The number of carbonyl (C=O) groups is 1. The van der Waals surface area contributed by atoms with E-state index in [0.717, 1.165) is 16.5 Å². The smallest absolute Gasteiger partial charge is 0.255 e. The summed E-state index contributed by atoms with van der Waals surface area (Å²) in [6, 6.07) is 20.0. The SMILES string of the molecule is Cc1nn(-c2ccc(F)cc2)c(C)c1C(=O)NCCOc1ccc2ccccc2c1. The lowest BCUT2D eigenvalue weighted by Gasteiger charge is -2.09. The van der Waals surface area contributed by atoms with Crippen molar-refractivity contribution in [2.24, 2.45) is 0 Å². The van der Waals surface area contributed by atoms with Crippen molar-refractivity contribution < 1.29 is 13.9 Å². The number of rotatable bonds is 6. The molecule has 0 fully saturated rings. The summed E-state index contributed by atoms with van der Waals surface area (Å²) in [6.45, 7) is 4.33. The van der Waals surface area contributed by atoms with Gasteiger partial charge in [0.25, 0.3) is 5.91 Å². The summed E-state index contributed by atoms with van der Waals surface area (Å²) in [5.41, 5.74) is 2.54. The number of hydrogen-bond donors (Lipinski definition) is 1. The van der Waals surface area contributed by atoms with Gasteiger partial charge in [0.15, 0.2) is 0 Å². The fraction of sp³-hybridized carbons (Fsp3) is 0.167. The average molecular weight is 403 g/mol. The highest BCUT2D eigenvalue weighted by molar-refractivity contribution is 5.96. The van der Waals surface area contributed by atoms with E-state index in [2.05, 4.69) is 16.5 Å². The zero-order chi connectivity index (χ0) is 21.1. The Morgan fingerprint density at radius 2 is 1.77 bits per heavy atom. The van der Waals surface area contributed by atoms with Gasteiger partial charge in [0.05, 0.1) is 29.2 Å². The molecule has 0 saturated heterocycles. The van der Waals surface area contributed by atoms with Crippen molar-refractivity contribution >= 4 is 16.7 Å². The molecule has 1 amide bonds. The molecule has 1 aromatic heterocycles. The molecule has 4 aromatic rings. The maximum Gasteiger partial charge on any atom is 0.255 e. The Balaban J connectivity index is 1.38. The lowest BCUT2D eigenvalue weighted by atomic mass is 10.1. The van der Waals surface area contributed by atoms with Crippen molar-refractivity contribution in [3.05, 3.63) is 89.5 Å². The van der Waals surface area contributed by atoms with Crippen LogP contribution in [0.15, 0.2) is 66.7 Å². The lowest BCUT2D eigenvalue weighted by Crippen LogP contribution is -2.29. The number of amides is 1. The summed E-state index contributed by atoms with van der Waals surface area (Å²) >= 11 is 0. The van der Waals surface area contributed by atoms with Crippen LogP contribution in [0.4, 0.5) is 4.39 Å². The summed E-state index contributed by atoms with van der Waals surface area (Å²) in [4.78, 5) is 12.7. The maximum atomic E-state index is 13.2. The Labute approximate surface area is 174 Å². The normalized spacial score (nSPS) is 10.9. The Kier molecular flexibility index (Phi) is 5.48.